The smallest absolute Gasteiger partial charge is 0.191 e. The normalized spacial score (nSPS) is 23.5. The highest BCUT2D eigenvalue weighted by Gasteiger charge is 2.29. The van der Waals surface area contributed by atoms with Crippen LogP contribution in [0.25, 0.3) is 0 Å². The van der Waals surface area contributed by atoms with Crippen LogP contribution in [0.3, 0.4) is 0 Å². The Balaban J connectivity index is 0.00000320. The largest absolute Gasteiger partial charge is 0.379 e. The first-order chi connectivity index (χ1) is 14.0. The molecule has 0 radical (unpaired) electrons. The van der Waals surface area contributed by atoms with E-state index in [4.69, 9.17) is 9.47 Å². The predicted molar refractivity (Wildman–Crippen MR) is 134 cm³/mol. The number of nitrogens with zero attached hydrogens (tertiary/aromatic N) is 2. The first-order valence-corrected chi connectivity index (χ1v) is 10.9. The Labute approximate surface area is 199 Å². The molecule has 0 amide bonds. The maximum absolute atomic E-state index is 6.16. The van der Waals surface area contributed by atoms with Crippen molar-refractivity contribution >= 4 is 29.9 Å². The van der Waals surface area contributed by atoms with E-state index in [1.165, 1.54) is 17.5 Å². The van der Waals surface area contributed by atoms with E-state index < -0.39 is 0 Å². The minimum Gasteiger partial charge on any atom is -0.379 e. The van der Waals surface area contributed by atoms with Gasteiger partial charge in [-0.2, -0.15) is 0 Å². The molecule has 2 aliphatic heterocycles. The zero-order valence-electron chi connectivity index (χ0n) is 18.9. The number of morpholine rings is 1. The van der Waals surface area contributed by atoms with Crippen molar-refractivity contribution in [1.82, 2.24) is 15.5 Å². The van der Waals surface area contributed by atoms with Gasteiger partial charge in [-0.05, 0) is 39.2 Å². The van der Waals surface area contributed by atoms with E-state index in [1.807, 2.05) is 7.05 Å². The fourth-order valence-corrected chi connectivity index (χ4v) is 4.21. The van der Waals surface area contributed by atoms with Gasteiger partial charge in [0, 0.05) is 51.3 Å². The van der Waals surface area contributed by atoms with Crippen LogP contribution in [-0.2, 0) is 9.47 Å². The lowest BCUT2D eigenvalue weighted by molar-refractivity contribution is -0.0266. The summed E-state index contributed by atoms with van der Waals surface area (Å²) in [6.45, 7) is 12.8. The number of hydrogen-bond donors (Lipinski definition) is 2. The first kappa shape index (κ1) is 25.4. The fraction of sp³-hybridized carbons (Fsp3) is 0.696. The van der Waals surface area contributed by atoms with Crippen molar-refractivity contribution in [3.05, 3.63) is 35.4 Å². The van der Waals surface area contributed by atoms with E-state index in [0.29, 0.717) is 5.92 Å². The van der Waals surface area contributed by atoms with E-state index in [-0.39, 0.29) is 35.6 Å². The zero-order valence-corrected chi connectivity index (χ0v) is 21.3. The van der Waals surface area contributed by atoms with E-state index in [0.717, 1.165) is 58.4 Å². The van der Waals surface area contributed by atoms with Gasteiger partial charge >= 0.3 is 0 Å². The first-order valence-electron chi connectivity index (χ1n) is 10.9. The lowest BCUT2D eigenvalue weighted by Gasteiger charge is -2.41. The molecule has 0 bridgehead atoms. The van der Waals surface area contributed by atoms with Gasteiger partial charge < -0.3 is 20.1 Å². The number of guanidine groups is 1. The van der Waals surface area contributed by atoms with Crippen molar-refractivity contribution in [2.75, 3.05) is 53.0 Å². The van der Waals surface area contributed by atoms with Crippen molar-refractivity contribution in [2.45, 2.75) is 45.3 Å². The highest BCUT2D eigenvalue weighted by Crippen LogP contribution is 2.33. The number of benzene rings is 1. The quantitative estimate of drug-likeness (QED) is 0.336. The van der Waals surface area contributed by atoms with Crippen LogP contribution in [0.2, 0.25) is 0 Å². The zero-order chi connectivity index (χ0) is 20.7. The molecule has 1 aromatic carbocycles. The van der Waals surface area contributed by atoms with Crippen molar-refractivity contribution in [1.29, 1.82) is 0 Å². The van der Waals surface area contributed by atoms with Gasteiger partial charge in [0.15, 0.2) is 5.96 Å². The molecule has 2 atom stereocenters. The number of rotatable bonds is 6. The Kier molecular flexibility index (Phi) is 10.3. The monoisotopic (exact) mass is 530 g/mol. The Hall–Kier alpha value is -0.900. The summed E-state index contributed by atoms with van der Waals surface area (Å²) >= 11 is 0. The SMILES string of the molecule is CN=C(NCC1CCCOC1c1ccc(C)cc1)NCC(C)(C)N1CCOCC1.I. The maximum Gasteiger partial charge on any atom is 0.191 e. The summed E-state index contributed by atoms with van der Waals surface area (Å²) < 4.78 is 11.6. The topological polar surface area (TPSA) is 58.1 Å². The molecule has 30 heavy (non-hydrogen) atoms. The van der Waals surface area contributed by atoms with Crippen molar-refractivity contribution in [3.63, 3.8) is 0 Å². The highest BCUT2D eigenvalue weighted by atomic mass is 127. The summed E-state index contributed by atoms with van der Waals surface area (Å²) in [4.78, 5) is 6.93. The standard InChI is InChI=1S/C23H38N4O2.HI/c1-18-7-9-19(10-8-18)21-20(6-5-13-29-21)16-25-22(24-4)26-17-23(2,3)27-11-14-28-15-12-27;/h7-10,20-21H,5-6,11-17H2,1-4H3,(H2,24,25,26);1H. The maximum atomic E-state index is 6.16. The van der Waals surface area contributed by atoms with Gasteiger partial charge in [0.1, 0.15) is 0 Å². The summed E-state index contributed by atoms with van der Waals surface area (Å²) in [6, 6.07) is 8.75. The molecule has 2 unspecified atom stereocenters. The molecule has 1 aromatic rings. The van der Waals surface area contributed by atoms with Gasteiger partial charge in [0.2, 0.25) is 0 Å². The predicted octanol–water partition coefficient (Wildman–Crippen LogP) is 3.36. The molecule has 2 fully saturated rings. The summed E-state index contributed by atoms with van der Waals surface area (Å²) in [5, 5.41) is 7.07. The average molecular weight is 530 g/mol. The molecule has 170 valence electrons. The van der Waals surface area contributed by atoms with Gasteiger partial charge in [-0.15, -0.1) is 24.0 Å². The molecular weight excluding hydrogens is 491 g/mol. The van der Waals surface area contributed by atoms with Crippen LogP contribution >= 0.6 is 24.0 Å². The summed E-state index contributed by atoms with van der Waals surface area (Å²) in [6.07, 6.45) is 2.44. The van der Waals surface area contributed by atoms with E-state index in [1.54, 1.807) is 0 Å². The van der Waals surface area contributed by atoms with Gasteiger partial charge in [-0.3, -0.25) is 9.89 Å². The molecule has 6 nitrogen and oxygen atoms in total. The number of aliphatic imine (C=N–C) groups is 1. The molecule has 0 spiro atoms. The van der Waals surface area contributed by atoms with Crippen LogP contribution < -0.4 is 10.6 Å². The lowest BCUT2D eigenvalue weighted by atomic mass is 9.89. The Morgan fingerprint density at radius 2 is 1.83 bits per heavy atom. The second-order valence-corrected chi connectivity index (χ2v) is 8.82. The Morgan fingerprint density at radius 3 is 2.50 bits per heavy atom. The van der Waals surface area contributed by atoms with Gasteiger partial charge in [0.05, 0.1) is 19.3 Å². The highest BCUT2D eigenvalue weighted by molar-refractivity contribution is 14.0. The molecule has 0 saturated carbocycles. The number of nitrogens with one attached hydrogen (secondary N) is 2. The van der Waals surface area contributed by atoms with Crippen LogP contribution in [0.15, 0.2) is 29.3 Å². The Bertz CT molecular complexity index is 660. The van der Waals surface area contributed by atoms with Crippen LogP contribution in [0.1, 0.15) is 43.9 Å². The van der Waals surface area contributed by atoms with E-state index >= 15 is 0 Å². The minimum atomic E-state index is 0. The van der Waals surface area contributed by atoms with Crippen molar-refractivity contribution in [2.24, 2.45) is 10.9 Å². The summed E-state index contributed by atoms with van der Waals surface area (Å²) in [7, 11) is 1.84. The van der Waals surface area contributed by atoms with E-state index in [2.05, 4.69) is 65.6 Å². The lowest BCUT2D eigenvalue weighted by Crippen LogP contribution is -2.56. The molecule has 2 heterocycles. The van der Waals surface area contributed by atoms with E-state index in [9.17, 15) is 0 Å². The second kappa shape index (κ2) is 12.2. The average Bonchev–Trinajstić information content (AvgIpc) is 2.75. The third-order valence-electron chi connectivity index (χ3n) is 6.16. The van der Waals surface area contributed by atoms with Crippen LogP contribution in [0.5, 0.6) is 0 Å². The van der Waals surface area contributed by atoms with Gasteiger partial charge in [0.25, 0.3) is 0 Å². The Morgan fingerprint density at radius 1 is 1.13 bits per heavy atom. The number of aryl methyl sites for hydroxylation is 1. The molecule has 2 aliphatic rings. The molecule has 0 aliphatic carbocycles. The number of halogens is 1. The molecule has 7 heteroatoms. The summed E-state index contributed by atoms with van der Waals surface area (Å²) in [5.74, 6) is 1.30. The summed E-state index contributed by atoms with van der Waals surface area (Å²) in [5.41, 5.74) is 2.62. The molecular formula is C23H39IN4O2. The van der Waals surface area contributed by atoms with Crippen LogP contribution in [0.4, 0.5) is 0 Å². The van der Waals surface area contributed by atoms with Gasteiger partial charge in [-0.1, -0.05) is 29.8 Å². The molecule has 2 N–H and O–H groups in total. The van der Waals surface area contributed by atoms with Crippen LogP contribution in [0, 0.1) is 12.8 Å². The molecule has 3 rings (SSSR count). The second-order valence-electron chi connectivity index (χ2n) is 8.82. The number of ether oxygens (including phenoxy) is 2. The fourth-order valence-electron chi connectivity index (χ4n) is 4.21. The van der Waals surface area contributed by atoms with Crippen molar-refractivity contribution < 1.29 is 9.47 Å². The third kappa shape index (κ3) is 7.07. The third-order valence-corrected chi connectivity index (χ3v) is 6.16. The van der Waals surface area contributed by atoms with Crippen molar-refractivity contribution in [3.8, 4) is 0 Å². The van der Waals surface area contributed by atoms with Crippen LogP contribution in [-0.4, -0.2) is 69.4 Å². The number of hydrogen-bond acceptors (Lipinski definition) is 4. The molecule has 2 saturated heterocycles. The molecule has 0 aromatic heterocycles. The minimum absolute atomic E-state index is 0. The van der Waals surface area contributed by atoms with Gasteiger partial charge in [-0.25, -0.2) is 0 Å².